The average molecular weight is 297 g/mol. The van der Waals surface area contributed by atoms with Crippen LogP contribution in [0.5, 0.6) is 0 Å². The molecule has 1 saturated carbocycles. The molecule has 1 rings (SSSR count). The molecule has 0 aromatic carbocycles. The second-order valence-electron chi connectivity index (χ2n) is 6.76. The Bertz CT molecular complexity index is 354. The Labute approximate surface area is 129 Å². The van der Waals surface area contributed by atoms with Gasteiger partial charge in [-0.25, -0.2) is 0 Å². The number of methoxy groups -OCH3 is 1. The number of carbonyl (C=O) groups excluding carboxylic acids is 2. The van der Waals surface area contributed by atoms with Crippen LogP contribution in [0.1, 0.15) is 53.4 Å². The normalized spacial score (nSPS) is 27.4. The summed E-state index contributed by atoms with van der Waals surface area (Å²) < 4.78 is 4.74. The van der Waals surface area contributed by atoms with Gasteiger partial charge in [0.25, 0.3) is 0 Å². The lowest BCUT2D eigenvalue weighted by Crippen LogP contribution is -2.44. The summed E-state index contributed by atoms with van der Waals surface area (Å²) in [4.78, 5) is 24.1. The first-order valence-electron chi connectivity index (χ1n) is 8.24. The van der Waals surface area contributed by atoms with Crippen molar-refractivity contribution in [3.05, 3.63) is 0 Å². The third-order valence-corrected chi connectivity index (χ3v) is 4.85. The van der Waals surface area contributed by atoms with E-state index in [0.29, 0.717) is 24.2 Å². The number of esters is 1. The first kappa shape index (κ1) is 18.1. The van der Waals surface area contributed by atoms with E-state index in [2.05, 4.69) is 26.1 Å². The van der Waals surface area contributed by atoms with Crippen molar-refractivity contribution in [2.75, 3.05) is 13.7 Å². The first-order chi connectivity index (χ1) is 9.90. The lowest BCUT2D eigenvalue weighted by atomic mass is 9.68. The van der Waals surface area contributed by atoms with Crippen LogP contribution in [0.15, 0.2) is 0 Å². The molecule has 4 heteroatoms. The number of nitrogens with one attached hydrogen (secondary N) is 1. The van der Waals surface area contributed by atoms with E-state index in [9.17, 15) is 9.59 Å². The minimum atomic E-state index is -0.377. The Morgan fingerprint density at radius 3 is 2.48 bits per heavy atom. The van der Waals surface area contributed by atoms with E-state index >= 15 is 0 Å². The van der Waals surface area contributed by atoms with Crippen molar-refractivity contribution in [3.8, 4) is 0 Å². The van der Waals surface area contributed by atoms with Crippen molar-refractivity contribution in [2.45, 2.75) is 59.4 Å². The molecule has 0 bridgehead atoms. The van der Waals surface area contributed by atoms with Gasteiger partial charge in [0.1, 0.15) is 11.8 Å². The second-order valence-corrected chi connectivity index (χ2v) is 6.76. The van der Waals surface area contributed by atoms with Crippen molar-refractivity contribution < 1.29 is 14.3 Å². The third kappa shape index (κ3) is 5.10. The molecule has 0 radical (unpaired) electrons. The summed E-state index contributed by atoms with van der Waals surface area (Å²) in [5.74, 6) is 1.74. The van der Waals surface area contributed by atoms with E-state index in [1.54, 1.807) is 0 Å². The summed E-state index contributed by atoms with van der Waals surface area (Å²) in [5.41, 5.74) is 0. The van der Waals surface area contributed by atoms with Gasteiger partial charge < -0.3 is 4.74 Å². The fourth-order valence-electron chi connectivity index (χ4n) is 3.46. The quantitative estimate of drug-likeness (QED) is 0.734. The van der Waals surface area contributed by atoms with Gasteiger partial charge in [-0.05, 0) is 37.0 Å². The second kappa shape index (κ2) is 8.52. The molecule has 1 fully saturated rings. The zero-order valence-corrected chi connectivity index (χ0v) is 14.1. The van der Waals surface area contributed by atoms with Crippen molar-refractivity contribution in [1.29, 1.82) is 0 Å². The number of hydrogen-bond acceptors (Lipinski definition) is 4. The Balaban J connectivity index is 2.61. The highest BCUT2D eigenvalue weighted by molar-refractivity contribution is 5.84. The van der Waals surface area contributed by atoms with Crippen molar-refractivity contribution in [3.63, 3.8) is 0 Å². The number of ketones is 1. The topological polar surface area (TPSA) is 55.4 Å². The molecule has 0 unspecified atom stereocenters. The van der Waals surface area contributed by atoms with Gasteiger partial charge in [-0.15, -0.1) is 0 Å². The summed E-state index contributed by atoms with van der Waals surface area (Å²) in [6, 6.07) is -0.377. The molecule has 1 N–H and O–H groups in total. The summed E-state index contributed by atoms with van der Waals surface area (Å²) >= 11 is 0. The fourth-order valence-corrected chi connectivity index (χ4v) is 3.46. The molecule has 4 nitrogen and oxygen atoms in total. The van der Waals surface area contributed by atoms with Crippen LogP contribution in [0.3, 0.4) is 0 Å². The predicted octanol–water partition coefficient (Wildman–Crippen LogP) is 2.81. The largest absolute Gasteiger partial charge is 0.468 e. The molecular formula is C17H31NO3. The van der Waals surface area contributed by atoms with Gasteiger partial charge in [-0.2, -0.15) is 0 Å². The highest BCUT2D eigenvalue weighted by Crippen LogP contribution is 2.38. The van der Waals surface area contributed by atoms with E-state index in [0.717, 1.165) is 12.8 Å². The molecule has 0 spiro atoms. The van der Waals surface area contributed by atoms with E-state index in [4.69, 9.17) is 4.74 Å². The SMILES string of the molecule is CC[C@@H](NCC(=O)[C@@H]1C[C@H](C)CC[C@H]1C(C)C)C(=O)OC. The van der Waals surface area contributed by atoms with Crippen molar-refractivity contribution in [2.24, 2.45) is 23.7 Å². The zero-order chi connectivity index (χ0) is 16.0. The van der Waals surface area contributed by atoms with Gasteiger partial charge in [0.05, 0.1) is 13.7 Å². The molecular weight excluding hydrogens is 266 g/mol. The number of carbonyl (C=O) groups is 2. The summed E-state index contributed by atoms with van der Waals surface area (Å²) in [6.07, 6.45) is 3.98. The van der Waals surface area contributed by atoms with Crippen LogP contribution in [0.4, 0.5) is 0 Å². The monoisotopic (exact) mass is 297 g/mol. The fraction of sp³-hybridized carbons (Fsp3) is 0.882. The van der Waals surface area contributed by atoms with E-state index in [1.807, 2.05) is 6.92 Å². The van der Waals surface area contributed by atoms with Crippen LogP contribution in [0, 0.1) is 23.7 Å². The van der Waals surface area contributed by atoms with Crippen molar-refractivity contribution in [1.82, 2.24) is 5.32 Å². The molecule has 21 heavy (non-hydrogen) atoms. The van der Waals surface area contributed by atoms with Crippen LogP contribution in [0.25, 0.3) is 0 Å². The molecule has 4 atom stereocenters. The molecule has 0 aromatic heterocycles. The molecule has 122 valence electrons. The number of ether oxygens (including phenoxy) is 1. The molecule has 0 amide bonds. The van der Waals surface area contributed by atoms with Crippen LogP contribution in [0.2, 0.25) is 0 Å². The van der Waals surface area contributed by atoms with Crippen LogP contribution < -0.4 is 5.32 Å². The number of hydrogen-bond donors (Lipinski definition) is 1. The Morgan fingerprint density at radius 2 is 1.95 bits per heavy atom. The highest BCUT2D eigenvalue weighted by atomic mass is 16.5. The maximum atomic E-state index is 12.6. The van der Waals surface area contributed by atoms with E-state index in [-0.39, 0.29) is 30.3 Å². The maximum absolute atomic E-state index is 12.6. The van der Waals surface area contributed by atoms with Gasteiger partial charge in [-0.3, -0.25) is 14.9 Å². The minimum absolute atomic E-state index is 0.136. The van der Waals surface area contributed by atoms with Gasteiger partial charge in [0.2, 0.25) is 0 Å². The minimum Gasteiger partial charge on any atom is -0.468 e. The lowest BCUT2D eigenvalue weighted by molar-refractivity contribution is -0.143. The van der Waals surface area contributed by atoms with Gasteiger partial charge in [0, 0.05) is 5.92 Å². The average Bonchev–Trinajstić information content (AvgIpc) is 2.46. The zero-order valence-electron chi connectivity index (χ0n) is 14.1. The first-order valence-corrected chi connectivity index (χ1v) is 8.24. The van der Waals surface area contributed by atoms with Gasteiger partial charge in [0.15, 0.2) is 0 Å². The molecule has 0 aliphatic heterocycles. The molecule has 1 aliphatic rings. The van der Waals surface area contributed by atoms with Crippen LogP contribution >= 0.6 is 0 Å². The number of rotatable bonds is 7. The smallest absolute Gasteiger partial charge is 0.322 e. The number of Topliss-reactive ketones (excluding diaryl/α,β-unsaturated/α-hetero) is 1. The highest BCUT2D eigenvalue weighted by Gasteiger charge is 2.35. The Hall–Kier alpha value is -0.900. The summed E-state index contributed by atoms with van der Waals surface area (Å²) in [6.45, 7) is 8.83. The standard InChI is InChI=1S/C17H31NO3/c1-6-15(17(20)21-5)18-10-16(19)14-9-12(4)7-8-13(14)11(2)3/h11-15,18H,6-10H2,1-5H3/t12-,13+,14-,15-/m1/s1. The summed E-state index contributed by atoms with van der Waals surface area (Å²) in [7, 11) is 1.38. The van der Waals surface area contributed by atoms with Crippen molar-refractivity contribution >= 4 is 11.8 Å². The Morgan fingerprint density at radius 1 is 1.29 bits per heavy atom. The predicted molar refractivity (Wildman–Crippen MR) is 83.9 cm³/mol. The maximum Gasteiger partial charge on any atom is 0.322 e. The van der Waals surface area contributed by atoms with Gasteiger partial charge in [-0.1, -0.05) is 34.1 Å². The van der Waals surface area contributed by atoms with Crippen LogP contribution in [-0.4, -0.2) is 31.4 Å². The molecule has 1 aliphatic carbocycles. The van der Waals surface area contributed by atoms with E-state index in [1.165, 1.54) is 13.5 Å². The molecule has 0 heterocycles. The van der Waals surface area contributed by atoms with Crippen LogP contribution in [-0.2, 0) is 14.3 Å². The Kier molecular flexibility index (Phi) is 7.36. The summed E-state index contributed by atoms with van der Waals surface area (Å²) in [5, 5.41) is 3.07. The van der Waals surface area contributed by atoms with E-state index < -0.39 is 0 Å². The molecule has 0 saturated heterocycles. The molecule has 0 aromatic rings. The lowest BCUT2D eigenvalue weighted by Gasteiger charge is -2.36. The third-order valence-electron chi connectivity index (χ3n) is 4.85. The van der Waals surface area contributed by atoms with Gasteiger partial charge >= 0.3 is 5.97 Å².